The second-order valence-electron chi connectivity index (χ2n) is 3.93. The van der Waals surface area contributed by atoms with Gasteiger partial charge in [-0.05, 0) is 31.5 Å². The third-order valence-electron chi connectivity index (χ3n) is 2.56. The molecule has 17 heavy (non-hydrogen) atoms. The van der Waals surface area contributed by atoms with E-state index in [1.165, 1.54) is 6.92 Å². The summed E-state index contributed by atoms with van der Waals surface area (Å²) in [6.07, 6.45) is 0.992. The Kier molecular flexibility index (Phi) is 5.45. The van der Waals surface area contributed by atoms with E-state index < -0.39 is 0 Å². The van der Waals surface area contributed by atoms with E-state index >= 15 is 0 Å². The molecular formula is C13H18ClNO2. The molecule has 1 N–H and O–H groups in total. The van der Waals surface area contributed by atoms with Crippen LogP contribution >= 0.6 is 11.6 Å². The first kappa shape index (κ1) is 14.0. The minimum Gasteiger partial charge on any atom is -0.395 e. The smallest absolute Gasteiger partial charge is 0.161 e. The summed E-state index contributed by atoms with van der Waals surface area (Å²) in [4.78, 5) is 13.3. The maximum absolute atomic E-state index is 11.3. The van der Waals surface area contributed by atoms with Crippen molar-refractivity contribution in [3.8, 4) is 0 Å². The second kappa shape index (κ2) is 6.62. The van der Waals surface area contributed by atoms with Crippen LogP contribution in [0.3, 0.4) is 0 Å². The summed E-state index contributed by atoms with van der Waals surface area (Å²) in [5, 5.41) is 9.47. The molecule has 0 unspecified atom stereocenters. The molecule has 0 atom stereocenters. The van der Waals surface area contributed by atoms with Crippen molar-refractivity contribution >= 4 is 23.1 Å². The minimum absolute atomic E-state index is 0.0363. The number of carbonyl (C=O) groups excluding carboxylic acids is 1. The van der Waals surface area contributed by atoms with Crippen molar-refractivity contribution in [3.63, 3.8) is 0 Å². The number of aliphatic hydroxyl groups is 1. The molecule has 1 rings (SSSR count). The van der Waals surface area contributed by atoms with Gasteiger partial charge in [0, 0.05) is 24.3 Å². The third kappa shape index (κ3) is 3.72. The Morgan fingerprint density at radius 3 is 2.59 bits per heavy atom. The molecule has 0 aliphatic carbocycles. The first-order chi connectivity index (χ1) is 8.10. The molecule has 0 saturated heterocycles. The summed E-state index contributed by atoms with van der Waals surface area (Å²) >= 11 is 6.06. The lowest BCUT2D eigenvalue weighted by molar-refractivity contribution is 0.101. The highest BCUT2D eigenvalue weighted by atomic mass is 35.5. The fraction of sp³-hybridized carbons (Fsp3) is 0.462. The molecule has 4 heteroatoms. The Morgan fingerprint density at radius 1 is 1.41 bits per heavy atom. The second-order valence-corrected chi connectivity index (χ2v) is 4.34. The van der Waals surface area contributed by atoms with Crippen molar-refractivity contribution in [2.75, 3.05) is 24.6 Å². The molecule has 0 amide bonds. The molecule has 0 aliphatic rings. The maximum Gasteiger partial charge on any atom is 0.161 e. The highest BCUT2D eigenvalue weighted by molar-refractivity contribution is 6.34. The van der Waals surface area contributed by atoms with Crippen molar-refractivity contribution in [1.29, 1.82) is 0 Å². The van der Waals surface area contributed by atoms with E-state index in [2.05, 4.69) is 11.8 Å². The van der Waals surface area contributed by atoms with Gasteiger partial charge in [-0.1, -0.05) is 18.5 Å². The van der Waals surface area contributed by atoms with E-state index in [4.69, 9.17) is 16.7 Å². The Bertz CT molecular complexity index is 387. The summed E-state index contributed by atoms with van der Waals surface area (Å²) in [6.45, 7) is 5.11. The van der Waals surface area contributed by atoms with Gasteiger partial charge in [0.1, 0.15) is 0 Å². The van der Waals surface area contributed by atoms with Crippen LogP contribution in [0, 0.1) is 0 Å². The molecule has 1 aromatic rings. The molecule has 0 saturated carbocycles. The number of rotatable bonds is 6. The van der Waals surface area contributed by atoms with Gasteiger partial charge in [0.2, 0.25) is 0 Å². The van der Waals surface area contributed by atoms with Crippen molar-refractivity contribution in [2.45, 2.75) is 20.3 Å². The van der Waals surface area contributed by atoms with Crippen LogP contribution in [0.1, 0.15) is 30.6 Å². The van der Waals surface area contributed by atoms with E-state index in [9.17, 15) is 4.79 Å². The first-order valence-electron chi connectivity index (χ1n) is 5.76. The molecule has 1 aromatic carbocycles. The zero-order valence-electron chi connectivity index (χ0n) is 10.2. The van der Waals surface area contributed by atoms with Crippen LogP contribution in [0.15, 0.2) is 18.2 Å². The van der Waals surface area contributed by atoms with Gasteiger partial charge in [-0.2, -0.15) is 0 Å². The number of Topliss-reactive ketones (excluding diaryl/α,β-unsaturated/α-hetero) is 1. The number of anilines is 1. The maximum atomic E-state index is 11.3. The standard InChI is InChI=1S/C13H18ClNO2/c1-3-6-15(7-8-16)11-4-5-12(10(2)17)13(14)9-11/h4-5,9,16H,3,6-8H2,1-2H3. The van der Waals surface area contributed by atoms with E-state index in [0.29, 0.717) is 17.1 Å². The molecule has 94 valence electrons. The van der Waals surface area contributed by atoms with Crippen LogP contribution in [-0.4, -0.2) is 30.6 Å². The Labute approximate surface area is 107 Å². The number of hydrogen-bond acceptors (Lipinski definition) is 3. The van der Waals surface area contributed by atoms with Gasteiger partial charge in [0.25, 0.3) is 0 Å². The third-order valence-corrected chi connectivity index (χ3v) is 2.87. The lowest BCUT2D eigenvalue weighted by Gasteiger charge is -2.23. The summed E-state index contributed by atoms with van der Waals surface area (Å²) in [7, 11) is 0. The van der Waals surface area contributed by atoms with Crippen molar-refractivity contribution < 1.29 is 9.90 Å². The van der Waals surface area contributed by atoms with Gasteiger partial charge in [-0.3, -0.25) is 4.79 Å². The van der Waals surface area contributed by atoms with Crippen molar-refractivity contribution in [1.82, 2.24) is 0 Å². The number of halogens is 1. The van der Waals surface area contributed by atoms with E-state index in [1.807, 2.05) is 6.07 Å². The minimum atomic E-state index is -0.0363. The summed E-state index contributed by atoms with van der Waals surface area (Å²) in [5.74, 6) is -0.0363. The molecule has 0 fully saturated rings. The van der Waals surface area contributed by atoms with E-state index in [-0.39, 0.29) is 12.4 Å². The summed E-state index contributed by atoms with van der Waals surface area (Å²) in [6, 6.07) is 5.39. The average molecular weight is 256 g/mol. The lowest BCUT2D eigenvalue weighted by Crippen LogP contribution is -2.27. The molecule has 0 aliphatic heterocycles. The van der Waals surface area contributed by atoms with Gasteiger partial charge >= 0.3 is 0 Å². The number of aliphatic hydroxyl groups excluding tert-OH is 1. The van der Waals surface area contributed by atoms with Crippen LogP contribution in [0.25, 0.3) is 0 Å². The Morgan fingerprint density at radius 2 is 2.12 bits per heavy atom. The first-order valence-corrected chi connectivity index (χ1v) is 6.14. The van der Waals surface area contributed by atoms with Gasteiger partial charge in [-0.25, -0.2) is 0 Å². The average Bonchev–Trinajstić information content (AvgIpc) is 2.28. The van der Waals surface area contributed by atoms with E-state index in [1.54, 1.807) is 12.1 Å². The van der Waals surface area contributed by atoms with Crippen LogP contribution in [0.5, 0.6) is 0 Å². The van der Waals surface area contributed by atoms with Crippen LogP contribution < -0.4 is 4.90 Å². The fourth-order valence-electron chi connectivity index (χ4n) is 1.75. The normalized spacial score (nSPS) is 10.4. The lowest BCUT2D eigenvalue weighted by atomic mass is 10.1. The highest BCUT2D eigenvalue weighted by Crippen LogP contribution is 2.24. The quantitative estimate of drug-likeness (QED) is 0.795. The molecule has 0 radical (unpaired) electrons. The molecule has 0 spiro atoms. The highest BCUT2D eigenvalue weighted by Gasteiger charge is 2.10. The molecule has 0 bridgehead atoms. The number of ketones is 1. The number of benzene rings is 1. The van der Waals surface area contributed by atoms with Crippen LogP contribution in [0.2, 0.25) is 5.02 Å². The van der Waals surface area contributed by atoms with Crippen LogP contribution in [0.4, 0.5) is 5.69 Å². The summed E-state index contributed by atoms with van der Waals surface area (Å²) < 4.78 is 0. The monoisotopic (exact) mass is 255 g/mol. The van der Waals surface area contributed by atoms with Gasteiger partial charge < -0.3 is 10.0 Å². The van der Waals surface area contributed by atoms with Gasteiger partial charge in [0.15, 0.2) is 5.78 Å². The number of hydrogen-bond donors (Lipinski definition) is 1. The largest absolute Gasteiger partial charge is 0.395 e. The molecular weight excluding hydrogens is 238 g/mol. The van der Waals surface area contributed by atoms with Crippen molar-refractivity contribution in [2.24, 2.45) is 0 Å². The van der Waals surface area contributed by atoms with Crippen molar-refractivity contribution in [3.05, 3.63) is 28.8 Å². The zero-order valence-corrected chi connectivity index (χ0v) is 11.0. The Hall–Kier alpha value is -1.06. The Balaban J connectivity index is 2.97. The number of carbonyl (C=O) groups is 1. The zero-order chi connectivity index (χ0) is 12.8. The van der Waals surface area contributed by atoms with Crippen LogP contribution in [-0.2, 0) is 0 Å². The predicted molar refractivity (Wildman–Crippen MR) is 71.0 cm³/mol. The topological polar surface area (TPSA) is 40.5 Å². The molecule has 3 nitrogen and oxygen atoms in total. The summed E-state index contributed by atoms with van der Waals surface area (Å²) in [5.41, 5.74) is 1.48. The molecule has 0 aromatic heterocycles. The fourth-order valence-corrected chi connectivity index (χ4v) is 2.05. The number of nitrogens with zero attached hydrogens (tertiary/aromatic N) is 1. The molecule has 0 heterocycles. The van der Waals surface area contributed by atoms with Gasteiger partial charge in [0.05, 0.1) is 11.6 Å². The SMILES string of the molecule is CCCN(CCO)c1ccc(C(C)=O)c(Cl)c1. The van der Waals surface area contributed by atoms with Gasteiger partial charge in [-0.15, -0.1) is 0 Å². The predicted octanol–water partition coefficient (Wildman–Crippen LogP) is 2.75. The van der Waals surface area contributed by atoms with E-state index in [0.717, 1.165) is 18.7 Å².